The molecule has 0 aliphatic heterocycles. The van der Waals surface area contributed by atoms with Crippen molar-refractivity contribution in [3.05, 3.63) is 0 Å². The first-order chi connectivity index (χ1) is 5.70. The molecule has 5 heteroatoms. The van der Waals surface area contributed by atoms with Crippen molar-refractivity contribution in [2.75, 3.05) is 19.5 Å². The molecule has 0 aromatic heterocycles. The summed E-state index contributed by atoms with van der Waals surface area (Å²) in [6.45, 7) is 0.281. The molecule has 0 atom stereocenters. The number of hydrogen-bond acceptors (Lipinski definition) is 5. The van der Waals surface area contributed by atoms with Gasteiger partial charge in [-0.05, 0) is 0 Å². The SMILES string of the molecule is COC(=O)CCC(=O)OCCS. The first kappa shape index (κ1) is 11.3. The van der Waals surface area contributed by atoms with E-state index in [9.17, 15) is 9.59 Å². The molecule has 0 aliphatic rings. The standard InChI is InChI=1S/C7H12O4S/c1-10-6(8)2-3-7(9)11-4-5-12/h12H,2-5H2,1H3. The van der Waals surface area contributed by atoms with E-state index in [2.05, 4.69) is 22.1 Å². The summed E-state index contributed by atoms with van der Waals surface area (Å²) in [6, 6.07) is 0. The number of hydrogen-bond donors (Lipinski definition) is 1. The molecule has 0 radical (unpaired) electrons. The molecular weight excluding hydrogens is 180 g/mol. The van der Waals surface area contributed by atoms with Crippen molar-refractivity contribution in [1.29, 1.82) is 0 Å². The van der Waals surface area contributed by atoms with Crippen molar-refractivity contribution in [3.8, 4) is 0 Å². The number of ether oxygens (including phenoxy) is 2. The van der Waals surface area contributed by atoms with E-state index in [0.717, 1.165) is 0 Å². The highest BCUT2D eigenvalue weighted by molar-refractivity contribution is 7.80. The molecule has 0 unspecified atom stereocenters. The van der Waals surface area contributed by atoms with Crippen molar-refractivity contribution < 1.29 is 19.1 Å². The maximum absolute atomic E-state index is 10.8. The van der Waals surface area contributed by atoms with Crippen LogP contribution < -0.4 is 0 Å². The summed E-state index contributed by atoms with van der Waals surface area (Å²) in [5, 5.41) is 0. The molecule has 0 heterocycles. The smallest absolute Gasteiger partial charge is 0.306 e. The summed E-state index contributed by atoms with van der Waals surface area (Å²) in [7, 11) is 1.28. The van der Waals surface area contributed by atoms with Crippen LogP contribution in [-0.2, 0) is 19.1 Å². The van der Waals surface area contributed by atoms with Gasteiger partial charge < -0.3 is 9.47 Å². The Kier molecular flexibility index (Phi) is 6.55. The minimum Gasteiger partial charge on any atom is -0.469 e. The van der Waals surface area contributed by atoms with E-state index < -0.39 is 11.9 Å². The molecule has 4 nitrogen and oxygen atoms in total. The lowest BCUT2D eigenvalue weighted by atomic mass is 10.3. The van der Waals surface area contributed by atoms with Crippen LogP contribution in [0.4, 0.5) is 0 Å². The van der Waals surface area contributed by atoms with Crippen LogP contribution in [0.1, 0.15) is 12.8 Å². The van der Waals surface area contributed by atoms with Crippen molar-refractivity contribution in [3.63, 3.8) is 0 Å². The summed E-state index contributed by atoms with van der Waals surface area (Å²) in [6.07, 6.45) is 0.141. The second kappa shape index (κ2) is 6.97. The highest BCUT2D eigenvalue weighted by atomic mass is 32.1. The molecule has 0 aromatic carbocycles. The van der Waals surface area contributed by atoms with Crippen LogP contribution >= 0.6 is 12.6 Å². The highest BCUT2D eigenvalue weighted by Gasteiger charge is 2.06. The lowest BCUT2D eigenvalue weighted by Crippen LogP contribution is -2.10. The van der Waals surface area contributed by atoms with Gasteiger partial charge in [-0.2, -0.15) is 12.6 Å². The molecular formula is C7H12O4S. The van der Waals surface area contributed by atoms with Gasteiger partial charge in [0.2, 0.25) is 0 Å². The second-order valence-electron chi connectivity index (χ2n) is 2.02. The van der Waals surface area contributed by atoms with E-state index in [1.54, 1.807) is 0 Å². The predicted octanol–water partition coefficient (Wildman–Crippen LogP) is 0.413. The lowest BCUT2D eigenvalue weighted by Gasteiger charge is -2.01. The number of esters is 2. The van der Waals surface area contributed by atoms with Gasteiger partial charge in [0, 0.05) is 5.75 Å². The Bertz CT molecular complexity index is 157. The third-order valence-corrected chi connectivity index (χ3v) is 1.30. The van der Waals surface area contributed by atoms with Gasteiger partial charge >= 0.3 is 11.9 Å². The van der Waals surface area contributed by atoms with Crippen molar-refractivity contribution in [2.45, 2.75) is 12.8 Å². The fourth-order valence-corrected chi connectivity index (χ4v) is 0.629. The molecule has 0 bridgehead atoms. The maximum Gasteiger partial charge on any atom is 0.306 e. The molecule has 12 heavy (non-hydrogen) atoms. The van der Waals surface area contributed by atoms with Crippen LogP contribution in [-0.4, -0.2) is 31.4 Å². The molecule has 0 aromatic rings. The van der Waals surface area contributed by atoms with Gasteiger partial charge in [0.15, 0.2) is 0 Å². The average molecular weight is 192 g/mol. The van der Waals surface area contributed by atoms with Crippen LogP contribution in [0.15, 0.2) is 0 Å². The number of methoxy groups -OCH3 is 1. The largest absolute Gasteiger partial charge is 0.469 e. The fourth-order valence-electron chi connectivity index (χ4n) is 0.538. The number of rotatable bonds is 5. The molecule has 0 saturated carbocycles. The summed E-state index contributed by atoms with van der Waals surface area (Å²) >= 11 is 3.85. The van der Waals surface area contributed by atoms with Crippen LogP contribution in [0.3, 0.4) is 0 Å². The Morgan fingerprint density at radius 2 is 1.83 bits per heavy atom. The van der Waals surface area contributed by atoms with E-state index in [1.165, 1.54) is 7.11 Å². The minimum absolute atomic E-state index is 0.0699. The van der Waals surface area contributed by atoms with Crippen molar-refractivity contribution >= 4 is 24.6 Å². The minimum atomic E-state index is -0.405. The van der Waals surface area contributed by atoms with Crippen molar-refractivity contribution in [1.82, 2.24) is 0 Å². The number of carbonyl (C=O) groups is 2. The van der Waals surface area contributed by atoms with E-state index in [4.69, 9.17) is 0 Å². The highest BCUT2D eigenvalue weighted by Crippen LogP contribution is 1.94. The normalized spacial score (nSPS) is 9.17. The summed E-state index contributed by atoms with van der Waals surface area (Å²) < 4.78 is 9.01. The van der Waals surface area contributed by atoms with E-state index in [1.807, 2.05) is 0 Å². The fraction of sp³-hybridized carbons (Fsp3) is 0.714. The maximum atomic E-state index is 10.8. The quantitative estimate of drug-likeness (QED) is 0.506. The monoisotopic (exact) mass is 192 g/mol. The third kappa shape index (κ3) is 6.03. The number of thiol groups is 1. The predicted molar refractivity (Wildman–Crippen MR) is 46.1 cm³/mol. The van der Waals surface area contributed by atoms with E-state index in [0.29, 0.717) is 5.75 Å². The van der Waals surface area contributed by atoms with Gasteiger partial charge in [-0.15, -0.1) is 0 Å². The van der Waals surface area contributed by atoms with Crippen molar-refractivity contribution in [2.24, 2.45) is 0 Å². The van der Waals surface area contributed by atoms with Gasteiger partial charge in [-0.1, -0.05) is 0 Å². The molecule has 0 aliphatic carbocycles. The average Bonchev–Trinajstić information content (AvgIpc) is 2.10. The van der Waals surface area contributed by atoms with E-state index >= 15 is 0 Å². The molecule has 0 N–H and O–H groups in total. The molecule has 0 saturated heterocycles. The van der Waals surface area contributed by atoms with Crippen LogP contribution in [0.2, 0.25) is 0 Å². The van der Waals surface area contributed by atoms with E-state index in [-0.39, 0.29) is 19.4 Å². The third-order valence-electron chi connectivity index (χ3n) is 1.12. The lowest BCUT2D eigenvalue weighted by molar-refractivity contribution is -0.148. The molecule has 70 valence electrons. The first-order valence-electron chi connectivity index (χ1n) is 3.54. The topological polar surface area (TPSA) is 52.6 Å². The van der Waals surface area contributed by atoms with Gasteiger partial charge in [-0.25, -0.2) is 0 Å². The zero-order chi connectivity index (χ0) is 9.40. The van der Waals surface area contributed by atoms with Gasteiger partial charge in [-0.3, -0.25) is 9.59 Å². The van der Waals surface area contributed by atoms with Crippen LogP contribution in [0.25, 0.3) is 0 Å². The Morgan fingerprint density at radius 1 is 1.25 bits per heavy atom. The zero-order valence-corrected chi connectivity index (χ0v) is 7.80. The Balaban J connectivity index is 3.37. The number of carbonyl (C=O) groups excluding carboxylic acids is 2. The van der Waals surface area contributed by atoms with Gasteiger partial charge in [0.25, 0.3) is 0 Å². The molecule has 0 rings (SSSR count). The van der Waals surface area contributed by atoms with Gasteiger partial charge in [0.1, 0.15) is 6.61 Å². The molecule has 0 spiro atoms. The Hall–Kier alpha value is -0.710. The summed E-state index contributed by atoms with van der Waals surface area (Å²) in [5.41, 5.74) is 0. The molecule has 0 fully saturated rings. The summed E-state index contributed by atoms with van der Waals surface area (Å²) in [4.78, 5) is 21.3. The molecule has 0 amide bonds. The van der Waals surface area contributed by atoms with Crippen LogP contribution in [0, 0.1) is 0 Å². The first-order valence-corrected chi connectivity index (χ1v) is 4.17. The van der Waals surface area contributed by atoms with Crippen LogP contribution in [0.5, 0.6) is 0 Å². The second-order valence-corrected chi connectivity index (χ2v) is 2.47. The Morgan fingerprint density at radius 3 is 2.33 bits per heavy atom. The Labute approximate surface area is 76.6 Å². The zero-order valence-electron chi connectivity index (χ0n) is 6.91. The summed E-state index contributed by atoms with van der Waals surface area (Å²) in [5.74, 6) is -0.309. The van der Waals surface area contributed by atoms with Gasteiger partial charge in [0.05, 0.1) is 20.0 Å².